The van der Waals surface area contributed by atoms with Gasteiger partial charge in [-0.3, -0.25) is 9.36 Å². The number of anilines is 2. The minimum absolute atomic E-state index is 0.0923. The van der Waals surface area contributed by atoms with Gasteiger partial charge < -0.3 is 11.1 Å². The van der Waals surface area contributed by atoms with Gasteiger partial charge in [0.05, 0.1) is 11.0 Å². The highest BCUT2D eigenvalue weighted by Crippen LogP contribution is 2.23. The number of hydrogen-bond donors (Lipinski definition) is 2. The first-order valence-electron chi connectivity index (χ1n) is 6.26. The Bertz CT molecular complexity index is 774. The largest absolute Gasteiger partial charge is 0.369 e. The predicted molar refractivity (Wildman–Crippen MR) is 79.8 cm³/mol. The van der Waals surface area contributed by atoms with Crippen molar-refractivity contribution in [2.75, 3.05) is 11.1 Å². The number of rotatable bonds is 2. The third-order valence-electron chi connectivity index (χ3n) is 3.03. The molecule has 0 atom stereocenters. The summed E-state index contributed by atoms with van der Waals surface area (Å²) in [6.07, 6.45) is 0. The molecule has 0 radical (unpaired) electrons. The molecular formula is C15H14N4O. The molecular weight excluding hydrogens is 252 g/mol. The van der Waals surface area contributed by atoms with Crippen LogP contribution in [0.25, 0.3) is 16.7 Å². The second-order valence-electron chi connectivity index (χ2n) is 4.52. The van der Waals surface area contributed by atoms with Crippen molar-refractivity contribution in [3.05, 3.63) is 48.5 Å². The van der Waals surface area contributed by atoms with Crippen LogP contribution in [0.4, 0.5) is 11.6 Å². The number of benzene rings is 2. The van der Waals surface area contributed by atoms with Crippen LogP contribution in [0.1, 0.15) is 6.92 Å². The van der Waals surface area contributed by atoms with Crippen molar-refractivity contribution in [1.29, 1.82) is 0 Å². The molecule has 0 bridgehead atoms. The Kier molecular flexibility index (Phi) is 2.87. The van der Waals surface area contributed by atoms with Crippen molar-refractivity contribution in [1.82, 2.24) is 9.55 Å². The molecule has 1 heterocycles. The van der Waals surface area contributed by atoms with Crippen LogP contribution >= 0.6 is 0 Å². The molecule has 5 nitrogen and oxygen atoms in total. The van der Waals surface area contributed by atoms with Crippen molar-refractivity contribution in [3.63, 3.8) is 0 Å². The van der Waals surface area contributed by atoms with E-state index in [1.54, 1.807) is 0 Å². The summed E-state index contributed by atoms with van der Waals surface area (Å²) in [7, 11) is 0. The van der Waals surface area contributed by atoms with E-state index in [0.29, 0.717) is 5.95 Å². The van der Waals surface area contributed by atoms with Crippen molar-refractivity contribution in [2.24, 2.45) is 0 Å². The third kappa shape index (κ3) is 2.09. The molecule has 3 aromatic rings. The first kappa shape index (κ1) is 12.2. The number of aromatic nitrogens is 2. The van der Waals surface area contributed by atoms with Gasteiger partial charge in [0.15, 0.2) is 0 Å². The molecule has 0 saturated carbocycles. The van der Waals surface area contributed by atoms with Crippen molar-refractivity contribution in [2.45, 2.75) is 6.92 Å². The van der Waals surface area contributed by atoms with E-state index in [2.05, 4.69) is 10.3 Å². The molecule has 0 fully saturated rings. The lowest BCUT2D eigenvalue weighted by Gasteiger charge is -2.08. The number of carbonyl (C=O) groups excluding carboxylic acids is 1. The number of amides is 1. The van der Waals surface area contributed by atoms with Gasteiger partial charge in [0.1, 0.15) is 0 Å². The average Bonchev–Trinajstić information content (AvgIpc) is 2.75. The van der Waals surface area contributed by atoms with Gasteiger partial charge in [-0.05, 0) is 36.4 Å². The fraction of sp³-hybridized carbons (Fsp3) is 0.0667. The van der Waals surface area contributed by atoms with Gasteiger partial charge in [-0.25, -0.2) is 4.98 Å². The SMILES string of the molecule is CC(=O)Nc1ccc(-n2c(N)nc3ccccc32)cc1. The van der Waals surface area contributed by atoms with Crippen LogP contribution in [0.5, 0.6) is 0 Å². The molecule has 1 aromatic heterocycles. The molecule has 0 unspecified atom stereocenters. The number of hydrogen-bond acceptors (Lipinski definition) is 3. The Balaban J connectivity index is 2.07. The van der Waals surface area contributed by atoms with Crippen LogP contribution < -0.4 is 11.1 Å². The lowest BCUT2D eigenvalue weighted by Crippen LogP contribution is -2.06. The van der Waals surface area contributed by atoms with Crippen molar-refractivity contribution >= 4 is 28.6 Å². The summed E-state index contributed by atoms with van der Waals surface area (Å²) in [5.41, 5.74) is 9.46. The fourth-order valence-corrected chi connectivity index (χ4v) is 2.21. The maximum absolute atomic E-state index is 11.0. The summed E-state index contributed by atoms with van der Waals surface area (Å²) in [5.74, 6) is 0.351. The maximum atomic E-state index is 11.0. The van der Waals surface area contributed by atoms with E-state index in [1.807, 2.05) is 53.1 Å². The molecule has 0 saturated heterocycles. The van der Waals surface area contributed by atoms with Crippen molar-refractivity contribution < 1.29 is 4.79 Å². The number of imidazole rings is 1. The summed E-state index contributed by atoms with van der Waals surface area (Å²) in [6, 6.07) is 15.3. The van der Waals surface area contributed by atoms with E-state index in [9.17, 15) is 4.79 Å². The highest BCUT2D eigenvalue weighted by Gasteiger charge is 2.09. The zero-order valence-electron chi connectivity index (χ0n) is 11.0. The van der Waals surface area contributed by atoms with Crippen LogP contribution in [-0.4, -0.2) is 15.5 Å². The van der Waals surface area contributed by atoms with Gasteiger partial charge in [-0.2, -0.15) is 0 Å². The topological polar surface area (TPSA) is 72.9 Å². The first-order valence-corrected chi connectivity index (χ1v) is 6.26. The Morgan fingerprint density at radius 1 is 1.15 bits per heavy atom. The Morgan fingerprint density at radius 3 is 2.55 bits per heavy atom. The third-order valence-corrected chi connectivity index (χ3v) is 3.03. The lowest BCUT2D eigenvalue weighted by molar-refractivity contribution is -0.114. The number of para-hydroxylation sites is 2. The smallest absolute Gasteiger partial charge is 0.221 e. The van der Waals surface area contributed by atoms with Crippen molar-refractivity contribution in [3.8, 4) is 5.69 Å². The summed E-state index contributed by atoms with van der Waals surface area (Å²) in [6.45, 7) is 1.48. The predicted octanol–water partition coefficient (Wildman–Crippen LogP) is 2.57. The lowest BCUT2D eigenvalue weighted by atomic mass is 10.2. The Hall–Kier alpha value is -2.82. The van der Waals surface area contributed by atoms with Crippen LogP contribution in [-0.2, 0) is 4.79 Å². The highest BCUT2D eigenvalue weighted by atomic mass is 16.1. The van der Waals surface area contributed by atoms with E-state index in [4.69, 9.17) is 5.73 Å². The van der Waals surface area contributed by atoms with E-state index in [-0.39, 0.29) is 5.91 Å². The summed E-state index contributed by atoms with van der Waals surface area (Å²) < 4.78 is 1.88. The normalized spacial score (nSPS) is 10.7. The number of nitrogens with one attached hydrogen (secondary N) is 1. The molecule has 0 aliphatic rings. The van der Waals surface area contributed by atoms with Gasteiger partial charge in [-0.1, -0.05) is 12.1 Å². The summed E-state index contributed by atoms with van der Waals surface area (Å²) >= 11 is 0. The van der Waals surface area contributed by atoms with Gasteiger partial charge in [-0.15, -0.1) is 0 Å². The van der Waals surface area contributed by atoms with Gasteiger partial charge in [0, 0.05) is 18.3 Å². The zero-order chi connectivity index (χ0) is 14.1. The van der Waals surface area contributed by atoms with Crippen LogP contribution in [0, 0.1) is 0 Å². The summed E-state index contributed by atoms with van der Waals surface area (Å²) in [4.78, 5) is 15.3. The number of nitrogens with zero attached hydrogens (tertiary/aromatic N) is 2. The minimum Gasteiger partial charge on any atom is -0.369 e. The first-order chi connectivity index (χ1) is 9.65. The van der Waals surface area contributed by atoms with Gasteiger partial charge in [0.25, 0.3) is 0 Å². The van der Waals surface area contributed by atoms with E-state index in [0.717, 1.165) is 22.4 Å². The van der Waals surface area contributed by atoms with Crippen LogP contribution in [0.2, 0.25) is 0 Å². The summed E-state index contributed by atoms with van der Waals surface area (Å²) in [5, 5.41) is 2.73. The molecule has 2 aromatic carbocycles. The number of carbonyl (C=O) groups is 1. The molecule has 1 amide bonds. The molecule has 100 valence electrons. The quantitative estimate of drug-likeness (QED) is 0.748. The number of fused-ring (bicyclic) bond motifs is 1. The molecule has 3 rings (SSSR count). The second kappa shape index (κ2) is 4.70. The Morgan fingerprint density at radius 2 is 1.85 bits per heavy atom. The molecule has 3 N–H and O–H groups in total. The molecule has 20 heavy (non-hydrogen) atoms. The molecule has 0 aliphatic carbocycles. The van der Waals surface area contributed by atoms with Gasteiger partial charge in [0.2, 0.25) is 11.9 Å². The highest BCUT2D eigenvalue weighted by molar-refractivity contribution is 5.88. The number of nitrogen functional groups attached to an aromatic ring is 1. The van der Waals surface area contributed by atoms with Crippen LogP contribution in [0.15, 0.2) is 48.5 Å². The zero-order valence-corrected chi connectivity index (χ0v) is 11.0. The van der Waals surface area contributed by atoms with E-state index < -0.39 is 0 Å². The van der Waals surface area contributed by atoms with Crippen LogP contribution in [0.3, 0.4) is 0 Å². The average molecular weight is 266 g/mol. The van der Waals surface area contributed by atoms with E-state index in [1.165, 1.54) is 6.92 Å². The number of nitrogens with two attached hydrogens (primary N) is 1. The Labute approximate surface area is 116 Å². The molecule has 5 heteroatoms. The van der Waals surface area contributed by atoms with Gasteiger partial charge >= 0.3 is 0 Å². The van der Waals surface area contributed by atoms with E-state index >= 15 is 0 Å². The fourth-order valence-electron chi connectivity index (χ4n) is 2.21. The minimum atomic E-state index is -0.0923. The second-order valence-corrected chi connectivity index (χ2v) is 4.52. The maximum Gasteiger partial charge on any atom is 0.221 e. The molecule has 0 spiro atoms. The standard InChI is InChI=1S/C15H14N4O/c1-10(20)17-11-6-8-12(9-7-11)19-14-5-3-2-4-13(14)18-15(19)16/h2-9H,1H3,(H2,16,18)(H,17,20). The molecule has 0 aliphatic heterocycles. The monoisotopic (exact) mass is 266 g/mol.